The number of benzene rings is 1. The second kappa shape index (κ2) is 6.08. The number of hydrogen-bond donors (Lipinski definition) is 2. The van der Waals surface area contributed by atoms with Crippen LogP contribution in [-0.2, 0) is 11.3 Å². The summed E-state index contributed by atoms with van der Waals surface area (Å²) in [6.07, 6.45) is 1.49. The van der Waals surface area contributed by atoms with Crippen LogP contribution in [0.4, 0.5) is 10.1 Å². The maximum atomic E-state index is 13.3. The second-order valence-electron chi connectivity index (χ2n) is 4.22. The average molecular weight is 292 g/mol. The van der Waals surface area contributed by atoms with Crippen LogP contribution in [0.3, 0.4) is 0 Å². The third-order valence-electron chi connectivity index (χ3n) is 2.78. The van der Waals surface area contributed by atoms with Crippen LogP contribution >= 0.6 is 0 Å². The first-order chi connectivity index (χ1) is 10.0. The summed E-state index contributed by atoms with van der Waals surface area (Å²) in [7, 11) is 1.32. The zero-order chi connectivity index (χ0) is 15.4. The van der Waals surface area contributed by atoms with Gasteiger partial charge in [0, 0.05) is 18.0 Å². The van der Waals surface area contributed by atoms with E-state index in [2.05, 4.69) is 5.32 Å². The summed E-state index contributed by atoms with van der Waals surface area (Å²) in [6.45, 7) is -0.317. The van der Waals surface area contributed by atoms with E-state index in [1.807, 2.05) is 0 Å². The number of carboxylic acids is 1. The van der Waals surface area contributed by atoms with Gasteiger partial charge < -0.3 is 19.7 Å². The first kappa shape index (κ1) is 14.6. The highest BCUT2D eigenvalue weighted by Gasteiger charge is 2.13. The van der Waals surface area contributed by atoms with Crippen LogP contribution in [0.2, 0.25) is 0 Å². The van der Waals surface area contributed by atoms with Gasteiger partial charge >= 0.3 is 5.97 Å². The first-order valence-corrected chi connectivity index (χ1v) is 6.03. The van der Waals surface area contributed by atoms with Crippen molar-refractivity contribution in [1.29, 1.82) is 0 Å². The number of nitrogens with zero attached hydrogens (tertiary/aromatic N) is 1. The lowest BCUT2D eigenvalue weighted by molar-refractivity contribution is -0.137. The average Bonchev–Trinajstić information content (AvgIpc) is 2.88. The fourth-order valence-corrected chi connectivity index (χ4v) is 1.84. The number of rotatable bonds is 5. The SMILES string of the molecule is COc1cc(NC(=O)c2cccn2CC(=O)O)ccc1F. The lowest BCUT2D eigenvalue weighted by Crippen LogP contribution is -2.19. The third kappa shape index (κ3) is 3.38. The van der Waals surface area contributed by atoms with E-state index in [4.69, 9.17) is 9.84 Å². The molecule has 0 aliphatic rings. The molecule has 0 saturated carbocycles. The molecule has 1 aromatic carbocycles. The highest BCUT2D eigenvalue weighted by atomic mass is 19.1. The number of anilines is 1. The molecule has 0 atom stereocenters. The molecule has 0 unspecified atom stereocenters. The molecule has 0 saturated heterocycles. The number of aromatic nitrogens is 1. The largest absolute Gasteiger partial charge is 0.494 e. The van der Waals surface area contributed by atoms with Crippen LogP contribution in [0.1, 0.15) is 10.5 Å². The predicted molar refractivity (Wildman–Crippen MR) is 73.0 cm³/mol. The topological polar surface area (TPSA) is 80.6 Å². The maximum absolute atomic E-state index is 13.3. The Morgan fingerprint density at radius 2 is 2.14 bits per heavy atom. The third-order valence-corrected chi connectivity index (χ3v) is 2.78. The van der Waals surface area contributed by atoms with Gasteiger partial charge in [0.05, 0.1) is 7.11 Å². The Bertz CT molecular complexity index is 681. The Kier molecular flexibility index (Phi) is 4.22. The molecule has 0 aliphatic heterocycles. The molecule has 6 nitrogen and oxygen atoms in total. The van der Waals surface area contributed by atoms with E-state index in [9.17, 15) is 14.0 Å². The van der Waals surface area contributed by atoms with Gasteiger partial charge in [-0.05, 0) is 24.3 Å². The standard InChI is InChI=1S/C14H13FN2O4/c1-21-12-7-9(4-5-10(12)15)16-14(20)11-3-2-6-17(11)8-13(18)19/h2-7H,8H2,1H3,(H,16,20)(H,18,19). The minimum Gasteiger partial charge on any atom is -0.494 e. The summed E-state index contributed by atoms with van der Waals surface area (Å²) in [5.74, 6) is -2.07. The van der Waals surface area contributed by atoms with Gasteiger partial charge in [-0.25, -0.2) is 4.39 Å². The number of methoxy groups -OCH3 is 1. The predicted octanol–water partition coefficient (Wildman–Crippen LogP) is 1.97. The summed E-state index contributed by atoms with van der Waals surface area (Å²) in [4.78, 5) is 22.8. The molecule has 1 aromatic heterocycles. The number of carboxylic acid groups (broad SMARTS) is 1. The highest BCUT2D eigenvalue weighted by Crippen LogP contribution is 2.21. The lowest BCUT2D eigenvalue weighted by Gasteiger charge is -2.09. The lowest BCUT2D eigenvalue weighted by atomic mass is 10.2. The molecule has 1 heterocycles. The van der Waals surface area contributed by atoms with E-state index in [-0.39, 0.29) is 18.0 Å². The van der Waals surface area contributed by atoms with Crippen molar-refractivity contribution >= 4 is 17.6 Å². The quantitative estimate of drug-likeness (QED) is 0.883. The van der Waals surface area contributed by atoms with Gasteiger partial charge in [-0.3, -0.25) is 9.59 Å². The van der Waals surface area contributed by atoms with Gasteiger partial charge in [0.15, 0.2) is 11.6 Å². The Balaban J connectivity index is 2.18. The Labute approximate surface area is 119 Å². The summed E-state index contributed by atoms with van der Waals surface area (Å²) in [5, 5.41) is 11.3. The van der Waals surface area contributed by atoms with Crippen molar-refractivity contribution in [3.8, 4) is 5.75 Å². The van der Waals surface area contributed by atoms with Crippen molar-refractivity contribution in [3.05, 3.63) is 48.0 Å². The summed E-state index contributed by atoms with van der Waals surface area (Å²) >= 11 is 0. The van der Waals surface area contributed by atoms with Crippen LogP contribution in [-0.4, -0.2) is 28.7 Å². The summed E-state index contributed by atoms with van der Waals surface area (Å²) in [6, 6.07) is 6.98. The van der Waals surface area contributed by atoms with Crippen molar-refractivity contribution in [1.82, 2.24) is 4.57 Å². The summed E-state index contributed by atoms with van der Waals surface area (Å²) < 4.78 is 19.4. The minimum absolute atomic E-state index is 0.00807. The Morgan fingerprint density at radius 3 is 2.81 bits per heavy atom. The van der Waals surface area contributed by atoms with E-state index >= 15 is 0 Å². The molecular formula is C14H13FN2O4. The van der Waals surface area contributed by atoms with E-state index in [0.717, 1.165) is 0 Å². The van der Waals surface area contributed by atoms with Crippen LogP contribution in [0, 0.1) is 5.82 Å². The highest BCUT2D eigenvalue weighted by molar-refractivity contribution is 6.03. The molecular weight excluding hydrogens is 279 g/mol. The van der Waals surface area contributed by atoms with Gasteiger partial charge in [-0.1, -0.05) is 0 Å². The molecule has 0 fully saturated rings. The molecule has 0 aliphatic carbocycles. The van der Waals surface area contributed by atoms with Crippen LogP contribution < -0.4 is 10.1 Å². The fraction of sp³-hybridized carbons (Fsp3) is 0.143. The number of carbonyl (C=O) groups excluding carboxylic acids is 1. The molecule has 0 bridgehead atoms. The molecule has 2 N–H and O–H groups in total. The van der Waals surface area contributed by atoms with Gasteiger partial charge in [-0.15, -0.1) is 0 Å². The molecule has 21 heavy (non-hydrogen) atoms. The number of amides is 1. The molecule has 0 radical (unpaired) electrons. The van der Waals surface area contributed by atoms with E-state index in [1.54, 1.807) is 6.07 Å². The zero-order valence-electron chi connectivity index (χ0n) is 11.2. The normalized spacial score (nSPS) is 10.2. The van der Waals surface area contributed by atoms with Crippen molar-refractivity contribution in [3.63, 3.8) is 0 Å². The molecule has 0 spiro atoms. The van der Waals surface area contributed by atoms with E-state index in [0.29, 0.717) is 5.69 Å². The number of hydrogen-bond acceptors (Lipinski definition) is 3. The second-order valence-corrected chi connectivity index (χ2v) is 4.22. The van der Waals surface area contributed by atoms with Gasteiger partial charge in [0.25, 0.3) is 5.91 Å². The number of aliphatic carboxylic acids is 1. The van der Waals surface area contributed by atoms with Crippen molar-refractivity contribution in [2.45, 2.75) is 6.54 Å². The van der Waals surface area contributed by atoms with Crippen LogP contribution in [0.25, 0.3) is 0 Å². The van der Waals surface area contributed by atoms with E-state index in [1.165, 1.54) is 42.1 Å². The summed E-state index contributed by atoms with van der Waals surface area (Å²) in [5.41, 5.74) is 0.544. The molecule has 2 rings (SSSR count). The number of ether oxygens (including phenoxy) is 1. The number of carbonyl (C=O) groups is 2. The Morgan fingerprint density at radius 1 is 1.38 bits per heavy atom. The zero-order valence-corrected chi connectivity index (χ0v) is 11.2. The maximum Gasteiger partial charge on any atom is 0.323 e. The van der Waals surface area contributed by atoms with Gasteiger partial charge in [0.2, 0.25) is 0 Å². The minimum atomic E-state index is -1.05. The number of halogens is 1. The molecule has 1 amide bonds. The molecule has 2 aromatic rings. The van der Waals surface area contributed by atoms with Gasteiger partial charge in [-0.2, -0.15) is 0 Å². The monoisotopic (exact) mass is 292 g/mol. The van der Waals surface area contributed by atoms with Crippen LogP contribution in [0.5, 0.6) is 5.75 Å². The van der Waals surface area contributed by atoms with Crippen molar-refractivity contribution in [2.24, 2.45) is 0 Å². The van der Waals surface area contributed by atoms with Crippen molar-refractivity contribution < 1.29 is 23.8 Å². The smallest absolute Gasteiger partial charge is 0.323 e. The fourth-order valence-electron chi connectivity index (χ4n) is 1.84. The molecule has 110 valence electrons. The van der Waals surface area contributed by atoms with Crippen LogP contribution in [0.15, 0.2) is 36.5 Å². The van der Waals surface area contributed by atoms with Crippen molar-refractivity contribution in [2.75, 3.05) is 12.4 Å². The molecule has 7 heteroatoms. The first-order valence-electron chi connectivity index (χ1n) is 6.03. The number of nitrogens with one attached hydrogen (secondary N) is 1. The van der Waals surface area contributed by atoms with Gasteiger partial charge in [0.1, 0.15) is 12.2 Å². The van der Waals surface area contributed by atoms with E-state index < -0.39 is 17.7 Å². The Hall–Kier alpha value is -2.83.